The van der Waals surface area contributed by atoms with Crippen LogP contribution in [0, 0.1) is 5.92 Å². The molecular formula is C30H35N3O5S. The van der Waals surface area contributed by atoms with E-state index in [2.05, 4.69) is 34.5 Å². The van der Waals surface area contributed by atoms with Crippen molar-refractivity contribution >= 4 is 16.0 Å². The highest BCUT2D eigenvalue weighted by Crippen LogP contribution is 2.44. The van der Waals surface area contributed by atoms with Gasteiger partial charge in [-0.2, -0.15) is 0 Å². The van der Waals surface area contributed by atoms with Crippen LogP contribution in [0.5, 0.6) is 5.75 Å². The van der Waals surface area contributed by atoms with Crippen LogP contribution >= 0.6 is 0 Å². The number of carboxylic acid groups (broad SMARTS) is 1. The molecule has 3 aromatic rings. The predicted octanol–water partition coefficient (Wildman–Crippen LogP) is 3.32. The van der Waals surface area contributed by atoms with Gasteiger partial charge in [-0.25, -0.2) is 13.6 Å². The van der Waals surface area contributed by atoms with Crippen LogP contribution in [0.25, 0.3) is 0 Å². The van der Waals surface area contributed by atoms with Gasteiger partial charge in [-0.05, 0) is 54.1 Å². The lowest BCUT2D eigenvalue weighted by Crippen LogP contribution is -2.69. The van der Waals surface area contributed by atoms with E-state index in [4.69, 9.17) is 9.88 Å². The number of nitrogens with one attached hydrogen (secondary N) is 1. The highest BCUT2D eigenvalue weighted by Gasteiger charge is 2.52. The van der Waals surface area contributed by atoms with E-state index in [0.717, 1.165) is 29.7 Å². The zero-order valence-corrected chi connectivity index (χ0v) is 22.8. The van der Waals surface area contributed by atoms with Gasteiger partial charge in [0.25, 0.3) is 0 Å². The maximum atomic E-state index is 12.4. The Bertz CT molecular complexity index is 1360. The fourth-order valence-electron chi connectivity index (χ4n) is 6.54. The van der Waals surface area contributed by atoms with E-state index in [1.165, 1.54) is 0 Å². The van der Waals surface area contributed by atoms with Gasteiger partial charge in [0.2, 0.25) is 10.0 Å². The Hall–Kier alpha value is -3.24. The molecule has 3 fully saturated rings. The molecular weight excluding hydrogens is 514 g/mol. The number of carboxylic acids is 1. The number of sulfonamides is 1. The van der Waals surface area contributed by atoms with E-state index >= 15 is 0 Å². The fourth-order valence-corrected chi connectivity index (χ4v) is 7.18. The maximum Gasteiger partial charge on any atom is 0.320 e. The molecule has 0 radical (unpaired) electrons. The first-order valence-electron chi connectivity index (χ1n) is 13.2. The summed E-state index contributed by atoms with van der Waals surface area (Å²) in [5.41, 5.74) is 3.72. The fraction of sp³-hybridized carbons (Fsp3) is 0.367. The van der Waals surface area contributed by atoms with E-state index in [0.29, 0.717) is 24.3 Å². The molecule has 39 heavy (non-hydrogen) atoms. The Morgan fingerprint density at radius 2 is 1.72 bits per heavy atom. The summed E-state index contributed by atoms with van der Waals surface area (Å²) in [6, 6.07) is 25.3. The Balaban J connectivity index is 1.52. The first-order valence-corrected chi connectivity index (χ1v) is 14.9. The van der Waals surface area contributed by atoms with E-state index < -0.39 is 22.0 Å². The van der Waals surface area contributed by atoms with Crippen LogP contribution in [0.4, 0.5) is 0 Å². The first-order chi connectivity index (χ1) is 18.7. The summed E-state index contributed by atoms with van der Waals surface area (Å²) < 4.78 is 29.0. The van der Waals surface area contributed by atoms with Gasteiger partial charge < -0.3 is 15.2 Å². The highest BCUT2D eigenvalue weighted by molar-refractivity contribution is 7.88. The van der Waals surface area contributed by atoms with Gasteiger partial charge in [0.1, 0.15) is 11.8 Å². The molecule has 4 N–H and O–H groups in total. The van der Waals surface area contributed by atoms with Crippen molar-refractivity contribution < 1.29 is 23.1 Å². The second-order valence-corrected chi connectivity index (χ2v) is 12.1. The van der Waals surface area contributed by atoms with Crippen molar-refractivity contribution in [1.29, 1.82) is 0 Å². The van der Waals surface area contributed by atoms with Gasteiger partial charge in [0.05, 0.1) is 12.9 Å². The number of primary sulfonamides is 1. The van der Waals surface area contributed by atoms with E-state index in [9.17, 15) is 18.3 Å². The molecule has 9 heteroatoms. The number of hydrogen-bond donors (Lipinski definition) is 3. The quantitative estimate of drug-likeness (QED) is 0.355. The molecule has 3 saturated heterocycles. The molecule has 0 saturated carbocycles. The van der Waals surface area contributed by atoms with Crippen LogP contribution in [0.1, 0.15) is 41.0 Å². The molecule has 2 bridgehead atoms. The molecule has 3 aliphatic heterocycles. The summed E-state index contributed by atoms with van der Waals surface area (Å²) in [5, 5.41) is 19.2. The van der Waals surface area contributed by atoms with Crippen molar-refractivity contribution in [3.05, 3.63) is 101 Å². The van der Waals surface area contributed by atoms with E-state index in [-0.39, 0.29) is 29.7 Å². The minimum absolute atomic E-state index is 0.00589. The molecule has 0 aromatic heterocycles. The summed E-state index contributed by atoms with van der Waals surface area (Å²) in [6.07, 6.45) is 1.50. The molecule has 2 unspecified atom stereocenters. The Kier molecular flexibility index (Phi) is 8.04. The number of nitrogens with zero attached hydrogens (tertiary/aromatic N) is 1. The average molecular weight is 550 g/mol. The molecule has 3 aromatic carbocycles. The molecule has 5 atom stereocenters. The van der Waals surface area contributed by atoms with Crippen molar-refractivity contribution in [3.8, 4) is 5.75 Å². The number of ether oxygens (including phenoxy) is 1. The minimum Gasteiger partial charge on any atom is -0.496 e. The number of fused-ring (bicyclic) bond motifs is 3. The second-order valence-electron chi connectivity index (χ2n) is 10.5. The smallest absolute Gasteiger partial charge is 0.320 e. The summed E-state index contributed by atoms with van der Waals surface area (Å²) >= 11 is 0. The number of methoxy groups -OCH3 is 1. The van der Waals surface area contributed by atoms with Crippen LogP contribution in [-0.4, -0.2) is 56.2 Å². The third-order valence-electron chi connectivity index (χ3n) is 8.13. The summed E-state index contributed by atoms with van der Waals surface area (Å²) in [5.74, 6) is -0.235. The van der Waals surface area contributed by atoms with Gasteiger partial charge in [0, 0.05) is 30.1 Å². The normalized spacial score (nSPS) is 24.5. The summed E-state index contributed by atoms with van der Waals surface area (Å²) in [4.78, 5) is 14.5. The van der Waals surface area contributed by atoms with Gasteiger partial charge in [0.15, 0.2) is 0 Å². The van der Waals surface area contributed by atoms with E-state index in [1.807, 2.05) is 42.5 Å². The highest BCUT2D eigenvalue weighted by atomic mass is 32.2. The van der Waals surface area contributed by atoms with Gasteiger partial charge in [-0.1, -0.05) is 66.7 Å². The van der Waals surface area contributed by atoms with Gasteiger partial charge in [-0.3, -0.25) is 9.69 Å². The second kappa shape index (κ2) is 11.5. The Labute approximate surface area is 229 Å². The molecule has 6 rings (SSSR count). The number of nitrogens with two attached hydrogens (primary N) is 1. The van der Waals surface area contributed by atoms with Crippen LogP contribution in [0.2, 0.25) is 0 Å². The zero-order valence-electron chi connectivity index (χ0n) is 21.9. The predicted molar refractivity (Wildman–Crippen MR) is 150 cm³/mol. The number of rotatable bonds is 10. The van der Waals surface area contributed by atoms with Gasteiger partial charge >= 0.3 is 5.97 Å². The number of aliphatic carboxylic acids is 1. The molecule has 3 heterocycles. The Morgan fingerprint density at radius 1 is 1.08 bits per heavy atom. The van der Waals surface area contributed by atoms with Crippen LogP contribution in [0.15, 0.2) is 78.9 Å². The van der Waals surface area contributed by atoms with Crippen LogP contribution in [-0.2, 0) is 27.1 Å². The molecule has 0 amide bonds. The maximum absolute atomic E-state index is 12.4. The SMILES string of the molecule is COc1ccc(CS(N)(=O)=O)cc1CN[C@H]1[C@H]2CCN(C(C(=O)O)C2)[C@H]1C(c1ccccc1)c1ccccc1. The number of benzene rings is 3. The lowest BCUT2D eigenvalue weighted by Gasteiger charge is -2.56. The largest absolute Gasteiger partial charge is 0.496 e. The van der Waals surface area contributed by atoms with Gasteiger partial charge in [-0.15, -0.1) is 0 Å². The van der Waals surface area contributed by atoms with Crippen molar-refractivity contribution in [2.24, 2.45) is 11.1 Å². The lowest BCUT2D eigenvalue weighted by molar-refractivity contribution is -0.152. The van der Waals surface area contributed by atoms with Crippen molar-refractivity contribution in [2.75, 3.05) is 13.7 Å². The van der Waals surface area contributed by atoms with Crippen molar-refractivity contribution in [3.63, 3.8) is 0 Å². The molecule has 3 aliphatic rings. The van der Waals surface area contributed by atoms with E-state index in [1.54, 1.807) is 19.2 Å². The monoisotopic (exact) mass is 549 g/mol. The molecule has 8 nitrogen and oxygen atoms in total. The lowest BCUT2D eigenvalue weighted by atomic mass is 9.68. The standard InChI is InChI=1S/C30H35N3O5S/c1-38-26-13-12-20(19-39(31,36)37)16-24(26)18-32-28-23-14-15-33(25(17-23)30(34)35)29(28)27(21-8-4-2-5-9-21)22-10-6-3-7-11-22/h2-13,16,23,25,27-29,32H,14-15,17-19H2,1H3,(H,34,35)(H2,31,36,37)/t23-,25?,28-,29-/m0/s1. The zero-order chi connectivity index (χ0) is 27.6. The third-order valence-corrected chi connectivity index (χ3v) is 8.86. The summed E-state index contributed by atoms with van der Waals surface area (Å²) in [6.45, 7) is 1.18. The van der Waals surface area contributed by atoms with Crippen LogP contribution in [0.3, 0.4) is 0 Å². The molecule has 0 aliphatic carbocycles. The number of piperidine rings is 3. The van der Waals surface area contributed by atoms with Crippen molar-refractivity contribution in [2.45, 2.75) is 49.2 Å². The number of carbonyl (C=O) groups is 1. The summed E-state index contributed by atoms with van der Waals surface area (Å²) in [7, 11) is -2.08. The minimum atomic E-state index is -3.67. The number of hydrogen-bond acceptors (Lipinski definition) is 6. The van der Waals surface area contributed by atoms with Crippen LogP contribution < -0.4 is 15.2 Å². The van der Waals surface area contributed by atoms with Crippen molar-refractivity contribution in [1.82, 2.24) is 10.2 Å². The molecule has 0 spiro atoms. The first kappa shape index (κ1) is 27.3. The molecule has 206 valence electrons. The Morgan fingerprint density at radius 3 is 2.28 bits per heavy atom. The topological polar surface area (TPSA) is 122 Å². The average Bonchev–Trinajstić information content (AvgIpc) is 2.93. The third kappa shape index (κ3) is 6.01.